The number of nitrogens with one attached hydrogen (secondary N) is 1. The highest BCUT2D eigenvalue weighted by Gasteiger charge is 2.14. The first kappa shape index (κ1) is 12.6. The summed E-state index contributed by atoms with van der Waals surface area (Å²) in [5, 5.41) is 1.69. The zero-order valence-corrected chi connectivity index (χ0v) is 8.60. The van der Waals surface area contributed by atoms with E-state index in [1.54, 1.807) is 5.32 Å². The molecule has 3 amide bonds. The lowest BCUT2D eigenvalue weighted by Gasteiger charge is -2.04. The molecule has 1 aromatic rings. The molecule has 3 N–H and O–H groups in total. The normalized spacial score (nSPS) is 9.47. The molecule has 0 saturated heterocycles. The number of rotatable bonds is 3. The Bertz CT molecular complexity index is 461. The van der Waals surface area contributed by atoms with Crippen LogP contribution in [0.2, 0.25) is 0 Å². The largest absolute Gasteiger partial charge is 0.452 e. The summed E-state index contributed by atoms with van der Waals surface area (Å²) in [4.78, 5) is 32.5. The van der Waals surface area contributed by atoms with Crippen LogP contribution in [0.4, 0.5) is 9.18 Å². The molecule has 0 atom stereocenters. The van der Waals surface area contributed by atoms with Crippen LogP contribution < -0.4 is 11.1 Å². The van der Waals surface area contributed by atoms with E-state index in [0.29, 0.717) is 0 Å². The van der Waals surface area contributed by atoms with Crippen LogP contribution in [-0.2, 0) is 9.53 Å². The number of halogens is 1. The minimum Gasteiger partial charge on any atom is -0.452 e. The summed E-state index contributed by atoms with van der Waals surface area (Å²) in [5.41, 5.74) is 4.37. The first-order valence-electron chi connectivity index (χ1n) is 4.51. The van der Waals surface area contributed by atoms with Crippen LogP contribution in [0.1, 0.15) is 10.4 Å². The number of carbonyl (C=O) groups excluding carboxylic acids is 3. The number of imide groups is 1. The fourth-order valence-electron chi connectivity index (χ4n) is 1.01. The molecule has 17 heavy (non-hydrogen) atoms. The van der Waals surface area contributed by atoms with Crippen molar-refractivity contribution in [3.8, 4) is 0 Å². The third kappa shape index (κ3) is 3.90. The number of benzene rings is 1. The van der Waals surface area contributed by atoms with Gasteiger partial charge in [0.1, 0.15) is 5.82 Å². The number of hydrogen-bond donors (Lipinski definition) is 2. The maximum Gasteiger partial charge on any atom is 0.341 e. The predicted molar refractivity (Wildman–Crippen MR) is 54.4 cm³/mol. The number of esters is 1. The summed E-state index contributed by atoms with van der Waals surface area (Å²) < 4.78 is 17.6. The van der Waals surface area contributed by atoms with Crippen molar-refractivity contribution in [1.82, 2.24) is 5.32 Å². The quantitative estimate of drug-likeness (QED) is 0.736. The summed E-state index contributed by atoms with van der Waals surface area (Å²) >= 11 is 0. The van der Waals surface area contributed by atoms with Crippen LogP contribution in [-0.4, -0.2) is 24.5 Å². The zero-order valence-electron chi connectivity index (χ0n) is 8.60. The molecule has 0 saturated carbocycles. The van der Waals surface area contributed by atoms with Gasteiger partial charge in [0.05, 0.1) is 5.56 Å². The molecule has 0 aromatic heterocycles. The molecule has 0 fully saturated rings. The third-order valence-corrected chi connectivity index (χ3v) is 1.69. The highest BCUT2D eigenvalue weighted by atomic mass is 19.1. The molecule has 90 valence electrons. The van der Waals surface area contributed by atoms with Crippen molar-refractivity contribution < 1.29 is 23.5 Å². The van der Waals surface area contributed by atoms with Crippen molar-refractivity contribution in [3.63, 3.8) is 0 Å². The Morgan fingerprint density at radius 1 is 1.29 bits per heavy atom. The van der Waals surface area contributed by atoms with E-state index >= 15 is 0 Å². The lowest BCUT2D eigenvalue weighted by Crippen LogP contribution is -2.37. The second-order valence-electron chi connectivity index (χ2n) is 2.97. The molecule has 7 heteroatoms. The van der Waals surface area contributed by atoms with Crippen LogP contribution in [0.15, 0.2) is 24.3 Å². The topological polar surface area (TPSA) is 98.5 Å². The van der Waals surface area contributed by atoms with Gasteiger partial charge in [-0.15, -0.1) is 0 Å². The maximum atomic E-state index is 13.1. The van der Waals surface area contributed by atoms with Gasteiger partial charge in [-0.2, -0.15) is 0 Å². The fourth-order valence-corrected chi connectivity index (χ4v) is 1.01. The molecule has 0 aliphatic rings. The van der Waals surface area contributed by atoms with E-state index in [1.807, 2.05) is 0 Å². The number of amides is 3. The molecule has 1 aromatic carbocycles. The van der Waals surface area contributed by atoms with E-state index in [0.717, 1.165) is 6.07 Å². The second-order valence-corrected chi connectivity index (χ2v) is 2.97. The van der Waals surface area contributed by atoms with Gasteiger partial charge >= 0.3 is 12.0 Å². The van der Waals surface area contributed by atoms with Crippen molar-refractivity contribution in [2.24, 2.45) is 5.73 Å². The molecule has 0 heterocycles. The standard InChI is InChI=1S/C10H9FN2O4/c11-7-4-2-1-3-6(7)9(15)17-5-8(14)13-10(12)16/h1-4H,5H2,(H3,12,13,14,16). The van der Waals surface area contributed by atoms with Gasteiger partial charge in [-0.3, -0.25) is 10.1 Å². The number of hydrogen-bond acceptors (Lipinski definition) is 4. The molecule has 0 radical (unpaired) electrons. The summed E-state index contributed by atoms with van der Waals surface area (Å²) in [6.45, 7) is -0.712. The third-order valence-electron chi connectivity index (χ3n) is 1.69. The SMILES string of the molecule is NC(=O)NC(=O)COC(=O)c1ccccc1F. The van der Waals surface area contributed by atoms with E-state index in [1.165, 1.54) is 18.2 Å². The average molecular weight is 240 g/mol. The Labute approximate surface area is 95.5 Å². The van der Waals surface area contributed by atoms with Gasteiger partial charge in [0, 0.05) is 0 Å². The van der Waals surface area contributed by atoms with Crippen molar-refractivity contribution >= 4 is 17.9 Å². The van der Waals surface area contributed by atoms with Crippen LogP contribution >= 0.6 is 0 Å². The Balaban J connectivity index is 2.54. The zero-order chi connectivity index (χ0) is 12.8. The van der Waals surface area contributed by atoms with E-state index in [2.05, 4.69) is 10.5 Å². The van der Waals surface area contributed by atoms with Crippen molar-refractivity contribution in [1.29, 1.82) is 0 Å². The molecule has 0 aliphatic carbocycles. The number of nitrogens with two attached hydrogens (primary N) is 1. The monoisotopic (exact) mass is 240 g/mol. The second kappa shape index (κ2) is 5.59. The first-order valence-corrected chi connectivity index (χ1v) is 4.51. The van der Waals surface area contributed by atoms with Gasteiger partial charge in [-0.05, 0) is 12.1 Å². The summed E-state index contributed by atoms with van der Waals surface area (Å²) in [7, 11) is 0. The average Bonchev–Trinajstić information content (AvgIpc) is 2.25. The van der Waals surface area contributed by atoms with Crippen LogP contribution in [0.5, 0.6) is 0 Å². The summed E-state index contributed by atoms with van der Waals surface area (Å²) in [6, 6.07) is 4.09. The minimum atomic E-state index is -1.06. The van der Waals surface area contributed by atoms with Crippen molar-refractivity contribution in [2.45, 2.75) is 0 Å². The summed E-state index contributed by atoms with van der Waals surface area (Å²) in [5.74, 6) is -2.64. The first-order chi connectivity index (χ1) is 8.00. The Morgan fingerprint density at radius 3 is 2.53 bits per heavy atom. The summed E-state index contributed by atoms with van der Waals surface area (Å²) in [6.07, 6.45) is 0. The van der Waals surface area contributed by atoms with Crippen molar-refractivity contribution in [2.75, 3.05) is 6.61 Å². The van der Waals surface area contributed by atoms with E-state index < -0.39 is 30.3 Å². The van der Waals surface area contributed by atoms with Crippen LogP contribution in [0.25, 0.3) is 0 Å². The highest BCUT2D eigenvalue weighted by molar-refractivity contribution is 5.96. The smallest absolute Gasteiger partial charge is 0.341 e. The molecule has 1 rings (SSSR count). The number of urea groups is 1. The van der Waals surface area contributed by atoms with E-state index in [4.69, 9.17) is 0 Å². The molecule has 6 nitrogen and oxygen atoms in total. The number of carbonyl (C=O) groups is 3. The van der Waals surface area contributed by atoms with Gasteiger partial charge in [-0.25, -0.2) is 14.0 Å². The maximum absolute atomic E-state index is 13.1. The Kier molecular flexibility index (Phi) is 4.15. The molecule has 0 spiro atoms. The van der Waals surface area contributed by atoms with Crippen LogP contribution in [0.3, 0.4) is 0 Å². The van der Waals surface area contributed by atoms with Gasteiger partial charge in [0.2, 0.25) is 0 Å². The number of ether oxygens (including phenoxy) is 1. The van der Waals surface area contributed by atoms with Crippen molar-refractivity contribution in [3.05, 3.63) is 35.6 Å². The lowest BCUT2D eigenvalue weighted by atomic mass is 10.2. The molecule has 0 aliphatic heterocycles. The minimum absolute atomic E-state index is 0.292. The van der Waals surface area contributed by atoms with Gasteiger partial charge in [-0.1, -0.05) is 12.1 Å². The van der Waals surface area contributed by atoms with E-state index in [9.17, 15) is 18.8 Å². The fraction of sp³-hybridized carbons (Fsp3) is 0.100. The Morgan fingerprint density at radius 2 is 1.94 bits per heavy atom. The molecular weight excluding hydrogens is 231 g/mol. The molecule has 0 unspecified atom stereocenters. The molecule has 0 bridgehead atoms. The van der Waals surface area contributed by atoms with Gasteiger partial charge in [0.15, 0.2) is 6.61 Å². The van der Waals surface area contributed by atoms with Crippen LogP contribution in [0, 0.1) is 5.82 Å². The Hall–Kier alpha value is -2.44. The highest BCUT2D eigenvalue weighted by Crippen LogP contribution is 2.07. The van der Waals surface area contributed by atoms with Gasteiger partial charge < -0.3 is 10.5 Å². The predicted octanol–water partition coefficient (Wildman–Crippen LogP) is 0.177. The molecular formula is C10H9FN2O4. The van der Waals surface area contributed by atoms with Gasteiger partial charge in [0.25, 0.3) is 5.91 Å². The van der Waals surface area contributed by atoms with E-state index in [-0.39, 0.29) is 5.56 Å². The lowest BCUT2D eigenvalue weighted by molar-refractivity contribution is -0.123. The number of primary amides is 1.